The molecule has 3 atom stereocenters. The second-order valence-corrected chi connectivity index (χ2v) is 8.69. The van der Waals surface area contributed by atoms with E-state index in [0.29, 0.717) is 12.3 Å². The van der Waals surface area contributed by atoms with Crippen molar-refractivity contribution in [2.75, 3.05) is 12.4 Å². The van der Waals surface area contributed by atoms with Gasteiger partial charge in [-0.3, -0.25) is 14.4 Å². The third-order valence-electron chi connectivity index (χ3n) is 4.79. The first-order valence-electron chi connectivity index (χ1n) is 11.2. The number of aliphatic carboxylic acids is 3. The van der Waals surface area contributed by atoms with Gasteiger partial charge in [-0.2, -0.15) is 0 Å². The average Bonchev–Trinajstić information content (AvgIpc) is 2.74. The largest absolute Gasteiger partial charge is 0.480 e. The Morgan fingerprint density at radius 2 is 1.41 bits per heavy atom. The van der Waals surface area contributed by atoms with Crippen LogP contribution in [0.25, 0.3) is 10.8 Å². The number of benzene rings is 2. The molecule has 0 spiro atoms. The van der Waals surface area contributed by atoms with E-state index >= 15 is 0 Å². The van der Waals surface area contributed by atoms with Crippen molar-refractivity contribution < 1.29 is 29.7 Å². The fourth-order valence-electron chi connectivity index (χ4n) is 2.94. The highest BCUT2D eigenvalue weighted by atomic mass is 16.4. The summed E-state index contributed by atoms with van der Waals surface area (Å²) in [5, 5.41) is 33.5. The molecule has 0 amide bonds. The number of likely N-dealkylation sites (N-methyl/N-ethyl adjacent to an activating group) is 1. The smallest absolute Gasteiger partial charge is 0.325 e. The second kappa shape index (κ2) is 15.6. The predicted molar refractivity (Wildman–Crippen MR) is 135 cm³/mol. The summed E-state index contributed by atoms with van der Waals surface area (Å²) >= 11 is 0. The molecule has 0 aromatic heterocycles. The molecule has 2 aromatic carbocycles. The van der Waals surface area contributed by atoms with Crippen molar-refractivity contribution in [3.8, 4) is 0 Å². The van der Waals surface area contributed by atoms with Gasteiger partial charge in [0.15, 0.2) is 0 Å². The molecule has 2 rings (SSSR count). The van der Waals surface area contributed by atoms with E-state index in [9.17, 15) is 14.4 Å². The zero-order valence-electron chi connectivity index (χ0n) is 20.8. The second-order valence-electron chi connectivity index (χ2n) is 8.69. The fraction of sp³-hybridized carbons (Fsp3) is 0.480. The van der Waals surface area contributed by atoms with E-state index in [1.807, 2.05) is 70.2 Å². The molecule has 3 unspecified atom stereocenters. The van der Waals surface area contributed by atoms with Crippen molar-refractivity contribution in [1.29, 1.82) is 0 Å². The first-order chi connectivity index (χ1) is 15.8. The van der Waals surface area contributed by atoms with Gasteiger partial charge in [0, 0.05) is 5.69 Å². The molecule has 0 heterocycles. The van der Waals surface area contributed by atoms with Crippen LogP contribution in [0.5, 0.6) is 0 Å². The summed E-state index contributed by atoms with van der Waals surface area (Å²) in [5.41, 5.74) is 6.05. The molecule has 0 aliphatic heterocycles. The molecular formula is C25H39N3O6. The molecule has 34 heavy (non-hydrogen) atoms. The van der Waals surface area contributed by atoms with Crippen LogP contribution in [0.3, 0.4) is 0 Å². The van der Waals surface area contributed by atoms with Gasteiger partial charge in [0.25, 0.3) is 0 Å². The maximum Gasteiger partial charge on any atom is 0.325 e. The minimum atomic E-state index is -0.913. The number of nitrogens with one attached hydrogen (secondary N) is 2. The average molecular weight is 478 g/mol. The number of carboxylic acid groups (broad SMARTS) is 3. The third-order valence-corrected chi connectivity index (χ3v) is 4.79. The van der Waals surface area contributed by atoms with Gasteiger partial charge in [0.2, 0.25) is 0 Å². The van der Waals surface area contributed by atoms with Crippen LogP contribution in [0.2, 0.25) is 0 Å². The van der Waals surface area contributed by atoms with Crippen LogP contribution in [-0.2, 0) is 14.4 Å². The Kier molecular flexibility index (Phi) is 14.2. The molecule has 0 fully saturated rings. The normalized spacial score (nSPS) is 13.1. The number of carboxylic acids is 3. The van der Waals surface area contributed by atoms with Gasteiger partial charge in [-0.1, -0.05) is 58.0 Å². The van der Waals surface area contributed by atoms with E-state index in [0.717, 1.165) is 16.5 Å². The number of carbonyl (C=O) groups is 3. The number of rotatable bonds is 9. The van der Waals surface area contributed by atoms with Crippen LogP contribution >= 0.6 is 0 Å². The van der Waals surface area contributed by atoms with Crippen LogP contribution in [0.15, 0.2) is 42.5 Å². The predicted octanol–water partition coefficient (Wildman–Crippen LogP) is 3.48. The number of nitrogens with two attached hydrogens (primary N) is 1. The number of anilines is 1. The van der Waals surface area contributed by atoms with Gasteiger partial charge in [0.1, 0.15) is 18.1 Å². The molecule has 9 heteroatoms. The number of hydrogen-bond acceptors (Lipinski definition) is 6. The van der Waals surface area contributed by atoms with Crippen LogP contribution in [0, 0.1) is 11.8 Å². The lowest BCUT2D eigenvalue weighted by molar-refractivity contribution is -0.141. The Balaban J connectivity index is 0.000000523. The van der Waals surface area contributed by atoms with E-state index in [-0.39, 0.29) is 5.92 Å². The van der Waals surface area contributed by atoms with Crippen molar-refractivity contribution >= 4 is 34.4 Å². The van der Waals surface area contributed by atoms with Gasteiger partial charge < -0.3 is 31.7 Å². The quantitative estimate of drug-likeness (QED) is 0.317. The van der Waals surface area contributed by atoms with Crippen LogP contribution in [0.1, 0.15) is 41.0 Å². The van der Waals surface area contributed by atoms with Crippen molar-refractivity contribution in [3.63, 3.8) is 0 Å². The summed E-state index contributed by atoms with van der Waals surface area (Å²) in [7, 11) is 1.65. The molecule has 0 aliphatic rings. The minimum absolute atomic E-state index is 0.146. The monoisotopic (exact) mass is 477 g/mol. The summed E-state index contributed by atoms with van der Waals surface area (Å²) in [6, 6.07) is 12.1. The Hall–Kier alpha value is -3.17. The number of hydrogen-bond donors (Lipinski definition) is 6. The fourth-order valence-corrected chi connectivity index (χ4v) is 2.94. The van der Waals surface area contributed by atoms with Gasteiger partial charge in [0.05, 0.1) is 0 Å². The maximum absolute atomic E-state index is 10.7. The van der Waals surface area contributed by atoms with Crippen LogP contribution in [-0.4, -0.2) is 58.4 Å². The van der Waals surface area contributed by atoms with E-state index in [1.165, 1.54) is 0 Å². The topological polar surface area (TPSA) is 162 Å². The van der Waals surface area contributed by atoms with Crippen molar-refractivity contribution in [1.82, 2.24) is 5.32 Å². The van der Waals surface area contributed by atoms with Gasteiger partial charge >= 0.3 is 17.9 Å². The molecule has 0 aliphatic carbocycles. The third kappa shape index (κ3) is 12.2. The lowest BCUT2D eigenvalue weighted by Crippen LogP contribution is -2.38. The van der Waals surface area contributed by atoms with E-state index in [4.69, 9.17) is 21.1 Å². The lowest BCUT2D eigenvalue weighted by Gasteiger charge is -2.13. The van der Waals surface area contributed by atoms with E-state index in [2.05, 4.69) is 10.6 Å². The maximum atomic E-state index is 10.7. The summed E-state index contributed by atoms with van der Waals surface area (Å²) in [6.45, 7) is 9.26. The van der Waals surface area contributed by atoms with E-state index in [1.54, 1.807) is 14.0 Å². The number of fused-ring (bicyclic) bond motifs is 1. The Bertz CT molecular complexity index is 916. The highest BCUT2D eigenvalue weighted by Crippen LogP contribution is 2.19. The molecule has 0 saturated heterocycles. The van der Waals surface area contributed by atoms with Crippen LogP contribution < -0.4 is 16.4 Å². The standard InChI is InChI=1S/C13H13NO2.2C6H13NO2/c1-9(13(15)16)14-12-7-6-10-4-2-3-5-11(10)8-12;1-4(2)5(7-3)6(8)9;1-4(2)3-5(7)6(8)9/h2-9,14H,1H3,(H,15,16);4-5,7H,1-3H3,(H,8,9);4-5H,3,7H2,1-2H3,(H,8,9). The van der Waals surface area contributed by atoms with Gasteiger partial charge in [-0.25, -0.2) is 0 Å². The van der Waals surface area contributed by atoms with Gasteiger partial charge in [-0.05, 0) is 55.1 Å². The molecule has 7 N–H and O–H groups in total. The Morgan fingerprint density at radius 1 is 0.853 bits per heavy atom. The van der Waals surface area contributed by atoms with Crippen molar-refractivity contribution in [3.05, 3.63) is 42.5 Å². The molecule has 0 saturated carbocycles. The Labute approximate surface area is 201 Å². The summed E-state index contributed by atoms with van der Waals surface area (Å²) in [4.78, 5) is 31.1. The highest BCUT2D eigenvalue weighted by Gasteiger charge is 2.17. The highest BCUT2D eigenvalue weighted by molar-refractivity contribution is 5.86. The lowest BCUT2D eigenvalue weighted by atomic mass is 10.1. The minimum Gasteiger partial charge on any atom is -0.480 e. The van der Waals surface area contributed by atoms with Crippen molar-refractivity contribution in [2.24, 2.45) is 17.6 Å². The van der Waals surface area contributed by atoms with E-state index < -0.39 is 36.0 Å². The molecular weight excluding hydrogens is 438 g/mol. The SMILES string of the molecule is CC(C)CC(N)C(=O)O.CC(Nc1ccc2ccccc2c1)C(=O)O.CNC(C(=O)O)C(C)C. The first kappa shape index (κ1) is 30.8. The zero-order valence-corrected chi connectivity index (χ0v) is 20.8. The Morgan fingerprint density at radius 3 is 1.76 bits per heavy atom. The van der Waals surface area contributed by atoms with Crippen molar-refractivity contribution in [2.45, 2.75) is 59.2 Å². The summed E-state index contributed by atoms with van der Waals surface area (Å²) in [6.07, 6.45) is 0.551. The first-order valence-corrected chi connectivity index (χ1v) is 11.2. The molecule has 9 nitrogen and oxygen atoms in total. The molecule has 0 bridgehead atoms. The summed E-state index contributed by atoms with van der Waals surface area (Å²) < 4.78 is 0. The van der Waals surface area contributed by atoms with Crippen LogP contribution in [0.4, 0.5) is 5.69 Å². The molecule has 0 radical (unpaired) electrons. The molecule has 2 aromatic rings. The zero-order chi connectivity index (χ0) is 26.4. The van der Waals surface area contributed by atoms with Gasteiger partial charge in [-0.15, -0.1) is 0 Å². The molecule has 190 valence electrons. The summed E-state index contributed by atoms with van der Waals surface area (Å²) in [5.74, 6) is -2.05.